The van der Waals surface area contributed by atoms with E-state index in [0.717, 1.165) is 114 Å². The summed E-state index contributed by atoms with van der Waals surface area (Å²) in [7, 11) is 0. The second-order valence-corrected chi connectivity index (χ2v) is 13.2. The quantitative estimate of drug-likeness (QED) is 0.240. The summed E-state index contributed by atoms with van der Waals surface area (Å²) < 4.78 is 35.9. The largest absolute Gasteiger partial charge is 0.465 e. The van der Waals surface area contributed by atoms with Gasteiger partial charge in [0.25, 0.3) is 0 Å². The van der Waals surface area contributed by atoms with Gasteiger partial charge in [-0.25, -0.2) is 0 Å². The molecule has 3 aromatic rings. The van der Waals surface area contributed by atoms with E-state index < -0.39 is 0 Å². The molecule has 0 amide bonds. The van der Waals surface area contributed by atoms with Gasteiger partial charge in [0, 0.05) is 24.7 Å². The normalized spacial score (nSPS) is 29.1. The summed E-state index contributed by atoms with van der Waals surface area (Å²) in [5, 5.41) is 0. The van der Waals surface area contributed by atoms with E-state index in [1.807, 2.05) is 0 Å². The highest BCUT2D eigenvalue weighted by Gasteiger charge is 2.39. The zero-order valence-electron chi connectivity index (χ0n) is 26.5. The van der Waals surface area contributed by atoms with Gasteiger partial charge in [-0.15, -0.1) is 0 Å². The highest BCUT2D eigenvalue weighted by atomic mass is 16.7. The van der Waals surface area contributed by atoms with Crippen molar-refractivity contribution in [2.75, 3.05) is 19.8 Å². The van der Waals surface area contributed by atoms with E-state index in [-0.39, 0.29) is 24.3 Å². The molecule has 0 aromatic heterocycles. The van der Waals surface area contributed by atoms with Crippen LogP contribution in [0.1, 0.15) is 106 Å². The minimum Gasteiger partial charge on any atom is -0.465 e. The molecule has 3 aromatic carbocycles. The molecule has 3 atom stereocenters. The zero-order valence-corrected chi connectivity index (χ0v) is 26.5. The Kier molecular flexibility index (Phi) is 9.91. The molecule has 0 N–H and O–H groups in total. The Hall–Kier alpha value is -3.06. The molecule has 240 valence electrons. The molecule has 6 heteroatoms. The standard InChI is InChI=1S/C39H48O6/c1-4-26-40-36(7-1)43-33-16-10-29(11-17-33)30-22-24-39(25-23-30,31-12-18-34(19-13-31)44-37-8-2-5-27-41-37)32-14-20-35(21-15-32)45-38-9-3-6-28-42-38/h10-21,30,36-38H,1-9,22-28H2. The number of rotatable bonds is 9. The monoisotopic (exact) mass is 612 g/mol. The molecule has 1 aliphatic carbocycles. The maximum atomic E-state index is 6.19. The third kappa shape index (κ3) is 7.51. The van der Waals surface area contributed by atoms with Crippen LogP contribution in [0.25, 0.3) is 0 Å². The van der Waals surface area contributed by atoms with Crippen molar-refractivity contribution in [3.63, 3.8) is 0 Å². The van der Waals surface area contributed by atoms with Crippen molar-refractivity contribution in [3.05, 3.63) is 89.5 Å². The third-order valence-corrected chi connectivity index (χ3v) is 10.2. The van der Waals surface area contributed by atoms with Crippen molar-refractivity contribution < 1.29 is 28.4 Å². The van der Waals surface area contributed by atoms with Crippen LogP contribution in [-0.2, 0) is 19.6 Å². The average molecular weight is 613 g/mol. The molecular weight excluding hydrogens is 564 g/mol. The van der Waals surface area contributed by atoms with E-state index in [4.69, 9.17) is 28.4 Å². The van der Waals surface area contributed by atoms with Crippen LogP contribution in [0.3, 0.4) is 0 Å². The fourth-order valence-electron chi connectivity index (χ4n) is 7.58. The lowest BCUT2D eigenvalue weighted by Crippen LogP contribution is -2.33. The van der Waals surface area contributed by atoms with Crippen LogP contribution in [0.2, 0.25) is 0 Å². The van der Waals surface area contributed by atoms with Crippen molar-refractivity contribution in [3.8, 4) is 17.2 Å². The number of benzene rings is 3. The molecule has 7 rings (SSSR count). The summed E-state index contributed by atoms with van der Waals surface area (Å²) >= 11 is 0. The minimum atomic E-state index is -0.137. The van der Waals surface area contributed by atoms with E-state index in [2.05, 4.69) is 72.8 Å². The molecule has 4 fully saturated rings. The van der Waals surface area contributed by atoms with Gasteiger partial charge in [-0.2, -0.15) is 0 Å². The van der Waals surface area contributed by atoms with Gasteiger partial charge in [0.05, 0.1) is 19.8 Å². The SMILES string of the molecule is c1cc(C2CCC(c3ccc(OC4CCCCO4)cc3)(c3ccc(OC4CCCCO4)cc3)CC2)ccc1OC1CCCCO1. The molecule has 45 heavy (non-hydrogen) atoms. The van der Waals surface area contributed by atoms with Crippen LogP contribution in [-0.4, -0.2) is 38.7 Å². The summed E-state index contributed by atoms with van der Waals surface area (Å²) in [6.45, 7) is 2.36. The molecule has 4 aliphatic rings. The van der Waals surface area contributed by atoms with Gasteiger partial charge < -0.3 is 28.4 Å². The van der Waals surface area contributed by atoms with Crippen molar-refractivity contribution in [2.24, 2.45) is 0 Å². The highest BCUT2D eigenvalue weighted by molar-refractivity contribution is 5.44. The first-order valence-corrected chi connectivity index (χ1v) is 17.4. The lowest BCUT2D eigenvalue weighted by molar-refractivity contribution is -0.106. The first kappa shape index (κ1) is 30.6. The third-order valence-electron chi connectivity index (χ3n) is 10.2. The Morgan fingerprint density at radius 1 is 0.444 bits per heavy atom. The van der Waals surface area contributed by atoms with E-state index in [1.165, 1.54) is 23.1 Å². The Balaban J connectivity index is 1.07. The molecule has 1 saturated carbocycles. The molecule has 0 bridgehead atoms. The summed E-state index contributed by atoms with van der Waals surface area (Å²) in [4.78, 5) is 0. The molecule has 0 radical (unpaired) electrons. The van der Waals surface area contributed by atoms with Crippen molar-refractivity contribution in [2.45, 2.75) is 114 Å². The van der Waals surface area contributed by atoms with Crippen LogP contribution < -0.4 is 14.2 Å². The van der Waals surface area contributed by atoms with Gasteiger partial charge in [0.1, 0.15) is 17.2 Å². The van der Waals surface area contributed by atoms with Crippen LogP contribution in [0.4, 0.5) is 0 Å². The smallest absolute Gasteiger partial charge is 0.199 e. The van der Waals surface area contributed by atoms with Crippen molar-refractivity contribution >= 4 is 0 Å². The van der Waals surface area contributed by atoms with E-state index in [0.29, 0.717) is 5.92 Å². The molecule has 6 nitrogen and oxygen atoms in total. The van der Waals surface area contributed by atoms with Crippen molar-refractivity contribution in [1.82, 2.24) is 0 Å². The highest BCUT2D eigenvalue weighted by Crippen LogP contribution is 2.49. The van der Waals surface area contributed by atoms with Crippen molar-refractivity contribution in [1.29, 1.82) is 0 Å². The van der Waals surface area contributed by atoms with Crippen LogP contribution >= 0.6 is 0 Å². The van der Waals surface area contributed by atoms with E-state index in [1.54, 1.807) is 0 Å². The van der Waals surface area contributed by atoms with E-state index in [9.17, 15) is 0 Å². The summed E-state index contributed by atoms with van der Waals surface area (Å²) in [6, 6.07) is 26.4. The van der Waals surface area contributed by atoms with Gasteiger partial charge in [0.2, 0.25) is 0 Å². The fraction of sp³-hybridized carbons (Fsp3) is 0.538. The maximum absolute atomic E-state index is 6.19. The second kappa shape index (κ2) is 14.6. The van der Waals surface area contributed by atoms with Gasteiger partial charge >= 0.3 is 0 Å². The molecule has 3 unspecified atom stereocenters. The Morgan fingerprint density at radius 3 is 1.18 bits per heavy atom. The van der Waals surface area contributed by atoms with Crippen LogP contribution in [0, 0.1) is 0 Å². The fourth-order valence-corrected chi connectivity index (χ4v) is 7.58. The van der Waals surface area contributed by atoms with Gasteiger partial charge in [-0.1, -0.05) is 36.4 Å². The lowest BCUT2D eigenvalue weighted by atomic mass is 9.62. The number of hydrogen-bond acceptors (Lipinski definition) is 6. The number of hydrogen-bond donors (Lipinski definition) is 0. The minimum absolute atomic E-state index is 0.0718. The molecule has 3 heterocycles. The second-order valence-electron chi connectivity index (χ2n) is 13.2. The van der Waals surface area contributed by atoms with Gasteiger partial charge in [-0.05, 0) is 123 Å². The van der Waals surface area contributed by atoms with Gasteiger partial charge in [-0.3, -0.25) is 0 Å². The summed E-state index contributed by atoms with van der Waals surface area (Å²) in [5.74, 6) is 3.19. The van der Waals surface area contributed by atoms with Crippen LogP contribution in [0.15, 0.2) is 72.8 Å². The predicted octanol–water partition coefficient (Wildman–Crippen LogP) is 9.05. The lowest BCUT2D eigenvalue weighted by Gasteiger charge is -2.42. The molecule has 3 saturated heterocycles. The Labute approximate surface area is 268 Å². The van der Waals surface area contributed by atoms with E-state index >= 15 is 0 Å². The zero-order chi connectivity index (χ0) is 30.3. The maximum Gasteiger partial charge on any atom is 0.199 e. The Bertz CT molecular complexity index is 1250. The Morgan fingerprint density at radius 2 is 0.822 bits per heavy atom. The molecule has 3 aliphatic heterocycles. The topological polar surface area (TPSA) is 55.4 Å². The summed E-state index contributed by atoms with van der Waals surface area (Å²) in [6.07, 6.45) is 13.7. The predicted molar refractivity (Wildman–Crippen MR) is 174 cm³/mol. The first-order chi connectivity index (χ1) is 22.2. The molecule has 0 spiro atoms. The first-order valence-electron chi connectivity index (χ1n) is 17.4. The average Bonchev–Trinajstić information content (AvgIpc) is 3.11. The number of ether oxygens (including phenoxy) is 6. The summed E-state index contributed by atoms with van der Waals surface area (Å²) in [5.41, 5.74) is 4.02. The molecular formula is C39H48O6. The van der Waals surface area contributed by atoms with Gasteiger partial charge in [0.15, 0.2) is 18.9 Å². The van der Waals surface area contributed by atoms with Crippen LogP contribution in [0.5, 0.6) is 17.2 Å².